The molecule has 0 radical (unpaired) electrons. The van der Waals surface area contributed by atoms with Gasteiger partial charge < -0.3 is 64.2 Å². The fraction of sp³-hybridized carbons (Fsp3) is 0.444. The van der Waals surface area contributed by atoms with Crippen LogP contribution in [-0.2, 0) is 14.2 Å². The summed E-state index contributed by atoms with van der Waals surface area (Å²) in [6.07, 6.45) is -15.0. The predicted molar refractivity (Wildman–Crippen MR) is 137 cm³/mol. The van der Waals surface area contributed by atoms with Crippen molar-refractivity contribution < 1.29 is 64.2 Å². The van der Waals surface area contributed by atoms with Crippen molar-refractivity contribution in [2.24, 2.45) is 0 Å². The van der Waals surface area contributed by atoms with Gasteiger partial charge in [0.1, 0.15) is 58.7 Å². The van der Waals surface area contributed by atoms with Crippen LogP contribution in [0.15, 0.2) is 45.6 Å². The molecule has 8 N–H and O–H groups in total. The Hall–Kier alpha value is -3.47. The van der Waals surface area contributed by atoms with E-state index in [-0.39, 0.29) is 33.8 Å². The first-order valence-corrected chi connectivity index (χ1v) is 12.7. The molecule has 3 aromatic rings. The maximum atomic E-state index is 13.7. The standard InChI is InChI=1S/C27H30O14/c1-9-17(31)20(34)22(36)26(37-9)41-25-21(35)18(32)10(2)38-27(25)40-24-19(33)16-14(30)7-13(29)8-15(16)39-23(24)11-3-5-12(28)6-4-11/h3-10,17-18,20-22,25-32,34-36H,1-2H3/t9-,10-,17-,18-,20+,21+,22+,25+,26-,27?/m0/s1. The van der Waals surface area contributed by atoms with Gasteiger partial charge in [-0.1, -0.05) is 0 Å². The summed E-state index contributed by atoms with van der Waals surface area (Å²) in [5.74, 6) is -1.81. The Balaban J connectivity index is 1.59. The molecule has 222 valence electrons. The Kier molecular flexibility index (Phi) is 7.84. The summed E-state index contributed by atoms with van der Waals surface area (Å²) in [4.78, 5) is 13.7. The zero-order valence-electron chi connectivity index (χ0n) is 21.8. The van der Waals surface area contributed by atoms with E-state index in [9.17, 15) is 45.6 Å². The molecule has 0 amide bonds. The number of rotatable bonds is 5. The van der Waals surface area contributed by atoms with Crippen LogP contribution < -0.4 is 10.2 Å². The first kappa shape index (κ1) is 29.0. The van der Waals surface area contributed by atoms with E-state index < -0.39 is 78.3 Å². The molecular formula is C27H30O14. The predicted octanol–water partition coefficient (Wildman–Crippen LogP) is -0.365. The highest BCUT2D eigenvalue weighted by molar-refractivity contribution is 5.88. The van der Waals surface area contributed by atoms with Gasteiger partial charge in [-0.2, -0.15) is 0 Å². The SMILES string of the molecule is C[C@@H]1O[C@@H](O[C@H]2C(Oc3c(-c4ccc(O)cc4)oc4cc(O)cc(O)c4c3=O)O[C@@H](C)[C@H](O)[C@H]2O)[C@H](O)[C@H](O)[C@H]1O. The minimum Gasteiger partial charge on any atom is -0.508 e. The summed E-state index contributed by atoms with van der Waals surface area (Å²) in [5.41, 5.74) is -0.855. The molecule has 2 saturated heterocycles. The maximum absolute atomic E-state index is 13.7. The van der Waals surface area contributed by atoms with E-state index in [2.05, 4.69) is 0 Å². The molecule has 2 aliphatic heterocycles. The highest BCUT2D eigenvalue weighted by Gasteiger charge is 2.50. The Morgan fingerprint density at radius 1 is 0.732 bits per heavy atom. The zero-order chi connectivity index (χ0) is 29.7. The average Bonchev–Trinajstić information content (AvgIpc) is 2.92. The number of aliphatic hydroxyl groups is 5. The molecule has 10 atom stereocenters. The Labute approximate surface area is 231 Å². The van der Waals surface area contributed by atoms with Crippen molar-refractivity contribution >= 4 is 11.0 Å². The van der Waals surface area contributed by atoms with Crippen LogP contribution in [-0.4, -0.2) is 102 Å². The zero-order valence-corrected chi connectivity index (χ0v) is 21.8. The van der Waals surface area contributed by atoms with Gasteiger partial charge in [0.05, 0.1) is 12.2 Å². The summed E-state index contributed by atoms with van der Waals surface area (Å²) in [6.45, 7) is 2.84. The molecule has 2 fully saturated rings. The molecule has 14 heteroatoms. The molecule has 5 rings (SSSR count). The lowest BCUT2D eigenvalue weighted by Crippen LogP contribution is -2.63. The van der Waals surface area contributed by atoms with Crippen molar-refractivity contribution in [1.29, 1.82) is 0 Å². The van der Waals surface area contributed by atoms with Gasteiger partial charge in [0.25, 0.3) is 0 Å². The molecular weight excluding hydrogens is 548 g/mol. The number of benzene rings is 2. The maximum Gasteiger partial charge on any atom is 0.239 e. The summed E-state index contributed by atoms with van der Waals surface area (Å²) < 4.78 is 28.7. The number of hydrogen-bond acceptors (Lipinski definition) is 14. The summed E-state index contributed by atoms with van der Waals surface area (Å²) >= 11 is 0. The van der Waals surface area contributed by atoms with Crippen LogP contribution in [0.3, 0.4) is 0 Å². The third kappa shape index (κ3) is 5.31. The van der Waals surface area contributed by atoms with E-state index in [0.717, 1.165) is 12.1 Å². The quantitative estimate of drug-likeness (QED) is 0.193. The van der Waals surface area contributed by atoms with Crippen molar-refractivity contribution in [2.75, 3.05) is 0 Å². The van der Waals surface area contributed by atoms with Crippen LogP contribution >= 0.6 is 0 Å². The second kappa shape index (κ2) is 11.1. The van der Waals surface area contributed by atoms with Gasteiger partial charge in [-0.25, -0.2) is 0 Å². The van der Waals surface area contributed by atoms with E-state index in [1.165, 1.54) is 38.1 Å². The van der Waals surface area contributed by atoms with Gasteiger partial charge in [-0.15, -0.1) is 0 Å². The van der Waals surface area contributed by atoms with Crippen molar-refractivity contribution in [3.8, 4) is 34.3 Å². The molecule has 1 unspecified atom stereocenters. The number of ether oxygens (including phenoxy) is 4. The Bertz CT molecular complexity index is 1460. The van der Waals surface area contributed by atoms with Crippen LogP contribution in [0.1, 0.15) is 13.8 Å². The van der Waals surface area contributed by atoms with Crippen molar-refractivity contribution in [1.82, 2.24) is 0 Å². The highest BCUT2D eigenvalue weighted by atomic mass is 16.8. The number of phenols is 3. The second-order valence-corrected chi connectivity index (χ2v) is 10.1. The fourth-order valence-electron chi connectivity index (χ4n) is 4.82. The topological polar surface area (TPSA) is 229 Å². The van der Waals surface area contributed by atoms with E-state index in [4.69, 9.17) is 23.4 Å². The first-order valence-electron chi connectivity index (χ1n) is 12.7. The van der Waals surface area contributed by atoms with Gasteiger partial charge in [-0.3, -0.25) is 4.79 Å². The summed E-state index contributed by atoms with van der Waals surface area (Å²) in [6, 6.07) is 7.49. The largest absolute Gasteiger partial charge is 0.508 e. The lowest BCUT2D eigenvalue weighted by Gasteiger charge is -2.45. The van der Waals surface area contributed by atoms with Crippen LogP contribution in [0.4, 0.5) is 0 Å². The summed E-state index contributed by atoms with van der Waals surface area (Å²) in [7, 11) is 0. The Morgan fingerprint density at radius 3 is 2.00 bits per heavy atom. The minimum absolute atomic E-state index is 0.0859. The monoisotopic (exact) mass is 578 g/mol. The highest BCUT2D eigenvalue weighted by Crippen LogP contribution is 2.38. The Morgan fingerprint density at radius 2 is 1.34 bits per heavy atom. The number of phenolic OH excluding ortho intramolecular Hbond substituents is 3. The van der Waals surface area contributed by atoms with Gasteiger partial charge in [0.2, 0.25) is 17.5 Å². The van der Waals surface area contributed by atoms with E-state index >= 15 is 0 Å². The average molecular weight is 579 g/mol. The smallest absolute Gasteiger partial charge is 0.239 e. The molecule has 41 heavy (non-hydrogen) atoms. The molecule has 0 bridgehead atoms. The number of aliphatic hydroxyl groups excluding tert-OH is 5. The van der Waals surface area contributed by atoms with Crippen LogP contribution in [0.5, 0.6) is 23.0 Å². The van der Waals surface area contributed by atoms with Gasteiger partial charge >= 0.3 is 0 Å². The molecule has 1 aromatic heterocycles. The number of hydrogen-bond donors (Lipinski definition) is 8. The lowest BCUT2D eigenvalue weighted by atomic mass is 9.98. The van der Waals surface area contributed by atoms with Gasteiger partial charge in [-0.05, 0) is 38.1 Å². The van der Waals surface area contributed by atoms with E-state index in [0.29, 0.717) is 0 Å². The molecule has 0 saturated carbocycles. The summed E-state index contributed by atoms with van der Waals surface area (Å²) in [5, 5.41) is 81.8. The third-order valence-corrected chi connectivity index (χ3v) is 7.17. The molecule has 3 heterocycles. The molecule has 0 spiro atoms. The fourth-order valence-corrected chi connectivity index (χ4v) is 4.82. The van der Waals surface area contributed by atoms with Crippen LogP contribution in [0, 0.1) is 0 Å². The van der Waals surface area contributed by atoms with Crippen molar-refractivity contribution in [2.45, 2.75) is 75.3 Å². The van der Waals surface area contributed by atoms with Crippen molar-refractivity contribution in [3.05, 3.63) is 46.6 Å². The van der Waals surface area contributed by atoms with Crippen LogP contribution in [0.25, 0.3) is 22.3 Å². The van der Waals surface area contributed by atoms with Crippen LogP contribution in [0.2, 0.25) is 0 Å². The molecule has 2 aliphatic rings. The first-order chi connectivity index (χ1) is 19.4. The molecule has 0 aliphatic carbocycles. The lowest BCUT2D eigenvalue weighted by molar-refractivity contribution is -0.352. The minimum atomic E-state index is -1.77. The normalized spacial score (nSPS) is 34.0. The third-order valence-electron chi connectivity index (χ3n) is 7.17. The van der Waals surface area contributed by atoms with Gasteiger partial charge in [0, 0.05) is 17.7 Å². The molecule has 14 nitrogen and oxygen atoms in total. The number of fused-ring (bicyclic) bond motifs is 1. The van der Waals surface area contributed by atoms with E-state index in [1.54, 1.807) is 0 Å². The van der Waals surface area contributed by atoms with Gasteiger partial charge in [0.15, 0.2) is 18.2 Å². The second-order valence-electron chi connectivity index (χ2n) is 10.1. The molecule has 2 aromatic carbocycles. The number of aromatic hydroxyl groups is 3. The van der Waals surface area contributed by atoms with Crippen molar-refractivity contribution in [3.63, 3.8) is 0 Å². The van der Waals surface area contributed by atoms with E-state index in [1.807, 2.05) is 0 Å².